The van der Waals surface area contributed by atoms with Gasteiger partial charge in [-0.05, 0) is 67.5 Å². The highest BCUT2D eigenvalue weighted by Gasteiger charge is 2.17. The van der Waals surface area contributed by atoms with Crippen molar-refractivity contribution in [3.63, 3.8) is 0 Å². The number of unbranched alkanes of at least 4 members (excludes halogenated alkanes) is 1. The summed E-state index contributed by atoms with van der Waals surface area (Å²) in [6.07, 6.45) is 10.4. The van der Waals surface area contributed by atoms with Gasteiger partial charge in [0.05, 0.1) is 11.4 Å². The monoisotopic (exact) mass is 427 g/mol. The van der Waals surface area contributed by atoms with Gasteiger partial charge in [0.1, 0.15) is 5.82 Å². The molecule has 2 heterocycles. The number of amides is 2. The Hall–Kier alpha value is -3.54. The summed E-state index contributed by atoms with van der Waals surface area (Å²) in [5, 5.41) is 14.3. The first-order valence-electron chi connectivity index (χ1n) is 11.5. The largest absolute Gasteiger partial charge is 0.384 e. The standard InChI is InChI=1S/C26H29N5O/c1-2-3-9-20-17-25(31(30-20)21-12-13-23-19(16-21)14-15-27-23)29-26(32)28-24-11-6-8-18-7-4-5-10-22(18)24/h5-6,8,10-13,16-17,27H,2-4,7,9,14-15H2,1H3,(H2,28,29,32). The zero-order chi connectivity index (χ0) is 21.9. The molecule has 3 aromatic rings. The molecule has 6 heteroatoms. The van der Waals surface area contributed by atoms with E-state index in [0.29, 0.717) is 5.82 Å². The van der Waals surface area contributed by atoms with Crippen LogP contribution in [-0.2, 0) is 19.3 Å². The highest BCUT2D eigenvalue weighted by molar-refractivity contribution is 6.01. The van der Waals surface area contributed by atoms with Crippen molar-refractivity contribution < 1.29 is 4.79 Å². The molecule has 0 radical (unpaired) electrons. The second-order valence-corrected chi connectivity index (χ2v) is 8.45. The van der Waals surface area contributed by atoms with Gasteiger partial charge >= 0.3 is 6.03 Å². The normalized spacial score (nSPS) is 13.9. The van der Waals surface area contributed by atoms with E-state index >= 15 is 0 Å². The predicted octanol–water partition coefficient (Wildman–Crippen LogP) is 5.79. The first-order chi connectivity index (χ1) is 15.7. The molecule has 32 heavy (non-hydrogen) atoms. The van der Waals surface area contributed by atoms with Crippen LogP contribution in [0.4, 0.5) is 22.0 Å². The van der Waals surface area contributed by atoms with Crippen LogP contribution in [-0.4, -0.2) is 22.4 Å². The third kappa shape index (κ3) is 4.13. The summed E-state index contributed by atoms with van der Waals surface area (Å²) in [5.41, 5.74) is 7.61. The summed E-state index contributed by atoms with van der Waals surface area (Å²) in [6, 6.07) is 14.1. The number of aryl methyl sites for hydroxylation is 2. The molecule has 1 aliphatic heterocycles. The molecule has 6 nitrogen and oxygen atoms in total. The molecule has 0 spiro atoms. The smallest absolute Gasteiger partial charge is 0.324 e. The van der Waals surface area contributed by atoms with Crippen molar-refractivity contribution in [1.29, 1.82) is 0 Å². The first kappa shape index (κ1) is 20.4. The quantitative estimate of drug-likeness (QED) is 0.466. The van der Waals surface area contributed by atoms with Crippen molar-refractivity contribution >= 4 is 29.3 Å². The van der Waals surface area contributed by atoms with E-state index < -0.39 is 0 Å². The maximum Gasteiger partial charge on any atom is 0.324 e. The van der Waals surface area contributed by atoms with Crippen LogP contribution in [0.3, 0.4) is 0 Å². The van der Waals surface area contributed by atoms with Crippen LogP contribution >= 0.6 is 0 Å². The number of carbonyl (C=O) groups excluding carboxylic acids is 1. The first-order valence-corrected chi connectivity index (χ1v) is 11.5. The molecular weight excluding hydrogens is 398 g/mol. The Balaban J connectivity index is 1.41. The zero-order valence-electron chi connectivity index (χ0n) is 18.4. The molecular formula is C26H29N5O. The van der Waals surface area contributed by atoms with Gasteiger partial charge in [0.2, 0.25) is 0 Å². The van der Waals surface area contributed by atoms with Crippen molar-refractivity contribution in [1.82, 2.24) is 9.78 Å². The number of hydrogen-bond acceptors (Lipinski definition) is 3. The molecule has 5 rings (SSSR count). The fourth-order valence-electron chi connectivity index (χ4n) is 4.47. The minimum absolute atomic E-state index is 0.261. The minimum atomic E-state index is -0.261. The number of anilines is 3. The molecule has 0 atom stereocenters. The zero-order valence-corrected chi connectivity index (χ0v) is 18.4. The second kappa shape index (κ2) is 8.91. The summed E-state index contributed by atoms with van der Waals surface area (Å²) in [6.45, 7) is 3.13. The van der Waals surface area contributed by atoms with Crippen LogP contribution in [0.5, 0.6) is 0 Å². The summed E-state index contributed by atoms with van der Waals surface area (Å²) >= 11 is 0. The van der Waals surface area contributed by atoms with E-state index in [9.17, 15) is 4.79 Å². The lowest BCUT2D eigenvalue weighted by molar-refractivity contribution is 0.262. The fraction of sp³-hybridized carbons (Fsp3) is 0.308. The van der Waals surface area contributed by atoms with Gasteiger partial charge in [-0.15, -0.1) is 0 Å². The van der Waals surface area contributed by atoms with E-state index in [1.54, 1.807) is 0 Å². The fourth-order valence-corrected chi connectivity index (χ4v) is 4.47. The topological polar surface area (TPSA) is 71.0 Å². The Morgan fingerprint density at radius 1 is 1.12 bits per heavy atom. The molecule has 1 aromatic heterocycles. The van der Waals surface area contributed by atoms with E-state index in [4.69, 9.17) is 5.10 Å². The highest BCUT2D eigenvalue weighted by Crippen LogP contribution is 2.28. The Morgan fingerprint density at radius 2 is 2.06 bits per heavy atom. The van der Waals surface area contributed by atoms with Crippen LogP contribution in [0.1, 0.15) is 48.6 Å². The van der Waals surface area contributed by atoms with Crippen LogP contribution in [0.15, 0.2) is 48.5 Å². The number of nitrogens with one attached hydrogen (secondary N) is 3. The number of urea groups is 1. The Labute approximate surface area is 188 Å². The average Bonchev–Trinajstić information content (AvgIpc) is 3.44. The molecule has 0 bridgehead atoms. The van der Waals surface area contributed by atoms with Crippen LogP contribution in [0.25, 0.3) is 11.8 Å². The number of nitrogens with zero attached hydrogens (tertiary/aromatic N) is 2. The number of benzene rings is 2. The number of fused-ring (bicyclic) bond motifs is 2. The highest BCUT2D eigenvalue weighted by atomic mass is 16.2. The van der Waals surface area contributed by atoms with Crippen molar-refractivity contribution in [2.24, 2.45) is 0 Å². The maximum absolute atomic E-state index is 13.0. The van der Waals surface area contributed by atoms with Crippen molar-refractivity contribution in [2.75, 3.05) is 22.5 Å². The number of allylic oxidation sites excluding steroid dienone is 1. The van der Waals surface area contributed by atoms with Crippen molar-refractivity contribution in [3.05, 3.63) is 70.9 Å². The van der Waals surface area contributed by atoms with Crippen molar-refractivity contribution in [3.8, 4) is 5.69 Å². The molecule has 1 aliphatic carbocycles. The number of hydrogen-bond donors (Lipinski definition) is 3. The molecule has 2 aliphatic rings. The lowest BCUT2D eigenvalue weighted by Crippen LogP contribution is -2.22. The summed E-state index contributed by atoms with van der Waals surface area (Å²) < 4.78 is 1.85. The number of carbonyl (C=O) groups is 1. The third-order valence-corrected chi connectivity index (χ3v) is 6.14. The predicted molar refractivity (Wildman–Crippen MR) is 131 cm³/mol. The molecule has 3 N–H and O–H groups in total. The van der Waals surface area contributed by atoms with Gasteiger partial charge in [-0.1, -0.05) is 37.6 Å². The SMILES string of the molecule is CCCCc1cc(NC(=O)Nc2cccc3c2C=CCC3)n(-c2ccc3c(c2)CCN3)n1. The van der Waals surface area contributed by atoms with E-state index in [2.05, 4.69) is 59.3 Å². The van der Waals surface area contributed by atoms with E-state index in [1.165, 1.54) is 16.8 Å². The Kier molecular flexibility index (Phi) is 5.67. The van der Waals surface area contributed by atoms with Gasteiger partial charge < -0.3 is 10.6 Å². The molecule has 2 amide bonds. The molecule has 0 fully saturated rings. The van der Waals surface area contributed by atoms with Crippen LogP contribution in [0.2, 0.25) is 0 Å². The van der Waals surface area contributed by atoms with E-state index in [0.717, 1.165) is 67.7 Å². The molecule has 2 aromatic carbocycles. The number of rotatable bonds is 6. The van der Waals surface area contributed by atoms with Crippen molar-refractivity contribution in [2.45, 2.75) is 45.4 Å². The second-order valence-electron chi connectivity index (χ2n) is 8.45. The third-order valence-electron chi connectivity index (χ3n) is 6.14. The number of aromatic nitrogens is 2. The van der Waals surface area contributed by atoms with Gasteiger partial charge in [-0.2, -0.15) is 5.10 Å². The Bertz CT molecular complexity index is 1180. The van der Waals surface area contributed by atoms with Crippen LogP contribution < -0.4 is 16.0 Å². The maximum atomic E-state index is 13.0. The average molecular weight is 428 g/mol. The molecule has 0 saturated carbocycles. The lowest BCUT2D eigenvalue weighted by atomic mass is 9.96. The molecule has 0 unspecified atom stereocenters. The van der Waals surface area contributed by atoms with E-state index in [1.807, 2.05) is 22.9 Å². The summed E-state index contributed by atoms with van der Waals surface area (Å²) in [5.74, 6) is 0.680. The van der Waals surface area contributed by atoms with Gasteiger partial charge in [0.15, 0.2) is 0 Å². The molecule has 164 valence electrons. The summed E-state index contributed by atoms with van der Waals surface area (Å²) in [4.78, 5) is 13.0. The van der Waals surface area contributed by atoms with Gasteiger partial charge in [-0.3, -0.25) is 5.32 Å². The van der Waals surface area contributed by atoms with Gasteiger partial charge in [-0.25, -0.2) is 9.48 Å². The summed E-state index contributed by atoms with van der Waals surface area (Å²) in [7, 11) is 0. The van der Waals surface area contributed by atoms with E-state index in [-0.39, 0.29) is 6.03 Å². The van der Waals surface area contributed by atoms with Gasteiger partial charge in [0.25, 0.3) is 0 Å². The Morgan fingerprint density at radius 3 is 2.97 bits per heavy atom. The van der Waals surface area contributed by atoms with Crippen LogP contribution in [0, 0.1) is 0 Å². The molecule has 0 saturated heterocycles. The van der Waals surface area contributed by atoms with Gasteiger partial charge in [0, 0.05) is 29.5 Å². The minimum Gasteiger partial charge on any atom is -0.384 e. The lowest BCUT2D eigenvalue weighted by Gasteiger charge is -2.16.